The summed E-state index contributed by atoms with van der Waals surface area (Å²) in [7, 11) is -4.12. The molecular formula is C11H8ClN3O6S2. The van der Waals surface area contributed by atoms with Crippen LogP contribution in [0, 0.1) is 10.1 Å². The molecule has 1 aromatic heterocycles. The number of halogens is 1. The average Bonchev–Trinajstić information content (AvgIpc) is 2.88. The number of anilines is 1. The minimum atomic E-state index is -4.12. The molecular weight excluding hydrogens is 370 g/mol. The number of nitro benzene ring substituents is 1. The normalized spacial score (nSPS) is 11.2. The van der Waals surface area contributed by atoms with Crippen LogP contribution in [0.2, 0.25) is 5.02 Å². The molecule has 1 aromatic carbocycles. The Bertz CT molecular complexity index is 880. The second-order valence-electron chi connectivity index (χ2n) is 4.19. The molecule has 0 fully saturated rings. The third-order valence-corrected chi connectivity index (χ3v) is 5.05. The first kappa shape index (κ1) is 17.1. The minimum Gasteiger partial charge on any atom is -0.476 e. The number of nitro groups is 1. The zero-order valence-corrected chi connectivity index (χ0v) is 13.5. The summed E-state index contributed by atoms with van der Waals surface area (Å²) in [4.78, 5) is 24.7. The molecule has 9 nitrogen and oxygen atoms in total. The van der Waals surface area contributed by atoms with Crippen LogP contribution in [0.15, 0.2) is 23.7 Å². The molecule has 0 bridgehead atoms. The molecule has 2 rings (SSSR count). The summed E-state index contributed by atoms with van der Waals surface area (Å²) in [6.45, 7) is 0. The average molecular weight is 378 g/mol. The van der Waals surface area contributed by atoms with Gasteiger partial charge < -0.3 is 5.11 Å². The molecule has 122 valence electrons. The number of nitrogens with zero attached hydrogens (tertiary/aromatic N) is 2. The molecule has 0 saturated heterocycles. The molecule has 0 aliphatic heterocycles. The van der Waals surface area contributed by atoms with Crippen molar-refractivity contribution >= 4 is 49.6 Å². The van der Waals surface area contributed by atoms with E-state index in [1.165, 1.54) is 17.6 Å². The Kier molecular flexibility index (Phi) is 4.82. The first-order chi connectivity index (χ1) is 10.7. The zero-order chi connectivity index (χ0) is 17.2. The first-order valence-electron chi connectivity index (χ1n) is 5.80. The molecule has 2 aromatic rings. The number of hydrogen-bond donors (Lipinski definition) is 2. The van der Waals surface area contributed by atoms with E-state index in [0.29, 0.717) is 0 Å². The molecule has 1 heterocycles. The summed E-state index contributed by atoms with van der Waals surface area (Å²) in [5.41, 5.74) is 0.0881. The van der Waals surface area contributed by atoms with Gasteiger partial charge in [-0.25, -0.2) is 18.2 Å². The zero-order valence-electron chi connectivity index (χ0n) is 11.1. The maximum Gasteiger partial charge on any atom is 0.357 e. The van der Waals surface area contributed by atoms with Gasteiger partial charge >= 0.3 is 5.97 Å². The predicted molar refractivity (Wildman–Crippen MR) is 83.4 cm³/mol. The van der Waals surface area contributed by atoms with E-state index in [4.69, 9.17) is 16.7 Å². The Balaban J connectivity index is 2.34. The second-order valence-corrected chi connectivity index (χ2v) is 7.18. The topological polar surface area (TPSA) is 140 Å². The lowest BCUT2D eigenvalue weighted by atomic mass is 10.2. The van der Waals surface area contributed by atoms with E-state index in [1.807, 2.05) is 0 Å². The number of aromatic nitrogens is 1. The van der Waals surface area contributed by atoms with Gasteiger partial charge in [0.15, 0.2) is 5.69 Å². The highest BCUT2D eigenvalue weighted by Gasteiger charge is 2.25. The molecule has 0 aliphatic rings. The predicted octanol–water partition coefficient (Wildman–Crippen LogP) is 2.34. The van der Waals surface area contributed by atoms with Crippen molar-refractivity contribution in [2.75, 3.05) is 4.72 Å². The number of sulfonamides is 1. The highest BCUT2D eigenvalue weighted by atomic mass is 35.5. The lowest BCUT2D eigenvalue weighted by Crippen LogP contribution is -2.17. The van der Waals surface area contributed by atoms with Gasteiger partial charge in [-0.2, -0.15) is 0 Å². The monoisotopic (exact) mass is 377 g/mol. The molecule has 12 heteroatoms. The van der Waals surface area contributed by atoms with Crippen molar-refractivity contribution in [1.29, 1.82) is 0 Å². The van der Waals surface area contributed by atoms with Crippen LogP contribution in [-0.2, 0) is 15.8 Å². The molecule has 0 spiro atoms. The van der Waals surface area contributed by atoms with Crippen molar-refractivity contribution in [1.82, 2.24) is 4.98 Å². The fraction of sp³-hybridized carbons (Fsp3) is 0.0909. The van der Waals surface area contributed by atoms with Crippen LogP contribution in [0.4, 0.5) is 10.7 Å². The lowest BCUT2D eigenvalue weighted by molar-refractivity contribution is -0.385. The number of carbonyl (C=O) groups is 1. The van der Waals surface area contributed by atoms with Gasteiger partial charge in [-0.3, -0.25) is 14.8 Å². The van der Waals surface area contributed by atoms with Gasteiger partial charge in [0.1, 0.15) is 10.8 Å². The van der Waals surface area contributed by atoms with Crippen LogP contribution in [0.1, 0.15) is 16.1 Å². The smallest absolute Gasteiger partial charge is 0.357 e. The van der Waals surface area contributed by atoms with Gasteiger partial charge in [0, 0.05) is 6.07 Å². The maximum atomic E-state index is 12.2. The highest BCUT2D eigenvalue weighted by molar-refractivity contribution is 7.92. The van der Waals surface area contributed by atoms with Gasteiger partial charge in [-0.15, -0.1) is 11.3 Å². The third kappa shape index (κ3) is 3.94. The van der Waals surface area contributed by atoms with Gasteiger partial charge in [0.05, 0.1) is 21.0 Å². The highest BCUT2D eigenvalue weighted by Crippen LogP contribution is 2.29. The standard InChI is InChI=1S/C11H8ClN3O6S2/c12-7-2-1-3-8(15(18)19)6(7)4-23(20,21)14-10-9(11(16)17)13-5-22-10/h1-3,5,14H,4H2,(H,16,17). The number of carboxylic acids is 1. The van der Waals surface area contributed by atoms with E-state index in [9.17, 15) is 23.3 Å². The van der Waals surface area contributed by atoms with E-state index in [0.717, 1.165) is 17.4 Å². The quantitative estimate of drug-likeness (QED) is 0.581. The third-order valence-electron chi connectivity index (χ3n) is 2.64. The number of aromatic carboxylic acids is 1. The number of rotatable bonds is 6. The van der Waals surface area contributed by atoms with Crippen LogP contribution < -0.4 is 4.72 Å². The first-order valence-corrected chi connectivity index (χ1v) is 8.71. The Hall–Kier alpha value is -2.24. The molecule has 0 unspecified atom stereocenters. The van der Waals surface area contributed by atoms with Gasteiger partial charge in [-0.05, 0) is 6.07 Å². The van der Waals surface area contributed by atoms with Crippen molar-refractivity contribution in [2.45, 2.75) is 5.75 Å². The maximum absolute atomic E-state index is 12.2. The van der Waals surface area contributed by atoms with Crippen molar-refractivity contribution in [3.05, 3.63) is 50.1 Å². The van der Waals surface area contributed by atoms with Crippen molar-refractivity contribution in [3.8, 4) is 0 Å². The number of benzene rings is 1. The second kappa shape index (κ2) is 6.48. The van der Waals surface area contributed by atoms with E-state index in [-0.39, 0.29) is 15.6 Å². The van der Waals surface area contributed by atoms with E-state index in [2.05, 4.69) is 9.71 Å². The van der Waals surface area contributed by atoms with Crippen LogP contribution in [0.25, 0.3) is 0 Å². The summed E-state index contributed by atoms with van der Waals surface area (Å²) >= 11 is 6.62. The van der Waals surface area contributed by atoms with Crippen molar-refractivity contribution < 1.29 is 23.2 Å². The molecule has 0 radical (unpaired) electrons. The number of nitrogens with one attached hydrogen (secondary N) is 1. The van der Waals surface area contributed by atoms with Gasteiger partial charge in [-0.1, -0.05) is 17.7 Å². The number of hydrogen-bond acceptors (Lipinski definition) is 7. The van der Waals surface area contributed by atoms with Crippen LogP contribution in [0.3, 0.4) is 0 Å². The van der Waals surface area contributed by atoms with E-state index >= 15 is 0 Å². The summed E-state index contributed by atoms with van der Waals surface area (Å²) in [5.74, 6) is -2.17. The molecule has 23 heavy (non-hydrogen) atoms. The summed E-state index contributed by atoms with van der Waals surface area (Å²) in [5, 5.41) is 19.6. The molecule has 0 atom stereocenters. The van der Waals surface area contributed by atoms with Gasteiger partial charge in [0.25, 0.3) is 5.69 Å². The molecule has 0 aliphatic carbocycles. The lowest BCUT2D eigenvalue weighted by Gasteiger charge is -2.08. The van der Waals surface area contributed by atoms with Crippen molar-refractivity contribution in [2.24, 2.45) is 0 Å². The largest absolute Gasteiger partial charge is 0.476 e. The number of thiazole rings is 1. The van der Waals surface area contributed by atoms with E-state index in [1.54, 1.807) is 0 Å². The fourth-order valence-corrected chi connectivity index (χ4v) is 4.24. The molecule has 0 saturated carbocycles. The Morgan fingerprint density at radius 2 is 2.17 bits per heavy atom. The van der Waals surface area contributed by atoms with E-state index < -0.39 is 38.1 Å². The Morgan fingerprint density at radius 3 is 2.78 bits per heavy atom. The summed E-state index contributed by atoms with van der Waals surface area (Å²) in [6, 6.07) is 3.79. The van der Waals surface area contributed by atoms with Crippen LogP contribution in [0.5, 0.6) is 0 Å². The molecule has 2 N–H and O–H groups in total. The summed E-state index contributed by atoms with van der Waals surface area (Å²) < 4.78 is 26.4. The molecule has 0 amide bonds. The van der Waals surface area contributed by atoms with Crippen LogP contribution >= 0.6 is 22.9 Å². The Morgan fingerprint density at radius 1 is 1.48 bits per heavy atom. The van der Waals surface area contributed by atoms with Gasteiger partial charge in [0.2, 0.25) is 10.0 Å². The van der Waals surface area contributed by atoms with Crippen molar-refractivity contribution in [3.63, 3.8) is 0 Å². The summed E-state index contributed by atoms with van der Waals surface area (Å²) in [6.07, 6.45) is 0. The van der Waals surface area contributed by atoms with Crippen LogP contribution in [-0.4, -0.2) is 29.4 Å². The fourth-order valence-electron chi connectivity index (χ4n) is 1.70. The number of carboxylic acid groups (broad SMARTS) is 1. The minimum absolute atomic E-state index is 0.0765. The Labute approximate surface area is 138 Å². The SMILES string of the molecule is O=C(O)c1ncsc1NS(=O)(=O)Cc1c(Cl)cccc1[N+](=O)[O-].